The van der Waals surface area contributed by atoms with E-state index in [-0.39, 0.29) is 0 Å². The molecule has 0 N–H and O–H groups in total. The average Bonchev–Trinajstić information content (AvgIpc) is 3.56. The van der Waals surface area contributed by atoms with Crippen LogP contribution in [0.15, 0.2) is 78.2 Å². The summed E-state index contributed by atoms with van der Waals surface area (Å²) in [5.41, 5.74) is 3.81. The first-order valence-electron chi connectivity index (χ1n) is 10.3. The maximum Gasteiger partial charge on any atom is 0.226 e. The van der Waals surface area contributed by atoms with Crippen molar-refractivity contribution >= 4 is 34.9 Å². The topological polar surface area (TPSA) is 77.8 Å². The number of hydrogen-bond acceptors (Lipinski definition) is 9. The van der Waals surface area contributed by atoms with Crippen LogP contribution in [0.2, 0.25) is 0 Å². The second kappa shape index (κ2) is 9.94. The molecule has 0 saturated carbocycles. The fourth-order valence-electron chi connectivity index (χ4n) is 3.11. The first-order chi connectivity index (χ1) is 16.2. The highest BCUT2D eigenvalue weighted by atomic mass is 32.2. The highest BCUT2D eigenvalue weighted by molar-refractivity contribution is 8.02. The Labute approximate surface area is 203 Å². The first-order valence-corrected chi connectivity index (χ1v) is 13.1. The normalized spacial score (nSPS) is 11.2. The molecular weight excluding hydrogens is 472 g/mol. The van der Waals surface area contributed by atoms with Crippen molar-refractivity contribution in [3.05, 3.63) is 83.6 Å². The lowest BCUT2D eigenvalue weighted by atomic mass is 10.2. The van der Waals surface area contributed by atoms with E-state index in [9.17, 15) is 0 Å². The Morgan fingerprint density at radius 3 is 1.52 bits per heavy atom. The standard InChI is InChI=1S/C24H20N4O2S3/c1-15-19(25-21(29-15)17-9-5-3-6-10-17)13-31-23-27-28-24(33-23)32-14-20-16(2)30-22(26-20)18-11-7-4-8-12-18/h3-12H,13-14H2,1-2H3. The lowest BCUT2D eigenvalue weighted by Gasteiger charge is -1.94. The quantitative estimate of drug-likeness (QED) is 0.213. The predicted molar refractivity (Wildman–Crippen MR) is 132 cm³/mol. The van der Waals surface area contributed by atoms with Crippen LogP contribution in [0.1, 0.15) is 22.9 Å². The van der Waals surface area contributed by atoms with Crippen LogP contribution in [0.25, 0.3) is 22.9 Å². The number of hydrogen-bond donors (Lipinski definition) is 0. The predicted octanol–water partition coefficient (Wildman–Crippen LogP) is 7.05. The van der Waals surface area contributed by atoms with Gasteiger partial charge in [-0.1, -0.05) is 71.3 Å². The van der Waals surface area contributed by atoms with Gasteiger partial charge >= 0.3 is 0 Å². The van der Waals surface area contributed by atoms with Crippen molar-refractivity contribution in [3.8, 4) is 22.9 Å². The third-order valence-electron chi connectivity index (χ3n) is 4.88. The largest absolute Gasteiger partial charge is 0.441 e. The lowest BCUT2D eigenvalue weighted by molar-refractivity contribution is 0.540. The highest BCUT2D eigenvalue weighted by Crippen LogP contribution is 2.34. The van der Waals surface area contributed by atoms with E-state index in [4.69, 9.17) is 8.83 Å². The minimum Gasteiger partial charge on any atom is -0.441 e. The van der Waals surface area contributed by atoms with Crippen LogP contribution in [0, 0.1) is 13.8 Å². The molecule has 0 spiro atoms. The maximum atomic E-state index is 5.85. The highest BCUT2D eigenvalue weighted by Gasteiger charge is 2.15. The van der Waals surface area contributed by atoms with E-state index in [0.717, 1.165) is 42.7 Å². The third-order valence-corrected chi connectivity index (χ3v) is 8.09. The van der Waals surface area contributed by atoms with E-state index in [2.05, 4.69) is 20.2 Å². The molecule has 0 aliphatic heterocycles. The molecule has 0 amide bonds. The van der Waals surface area contributed by atoms with Crippen LogP contribution in [0.3, 0.4) is 0 Å². The van der Waals surface area contributed by atoms with Gasteiger partial charge in [-0.15, -0.1) is 10.2 Å². The molecule has 0 aliphatic carbocycles. The monoisotopic (exact) mass is 492 g/mol. The van der Waals surface area contributed by atoms with Gasteiger partial charge in [0.15, 0.2) is 8.68 Å². The Bertz CT molecular complexity index is 1240. The fraction of sp³-hybridized carbons (Fsp3) is 0.167. The van der Waals surface area contributed by atoms with Crippen molar-refractivity contribution in [2.75, 3.05) is 0 Å². The van der Waals surface area contributed by atoms with Gasteiger partial charge in [-0.05, 0) is 38.1 Å². The van der Waals surface area contributed by atoms with Crippen molar-refractivity contribution in [3.63, 3.8) is 0 Å². The fourth-order valence-corrected chi connectivity index (χ4v) is 6.13. The van der Waals surface area contributed by atoms with Gasteiger partial charge in [-0.2, -0.15) is 0 Å². The molecule has 6 nitrogen and oxygen atoms in total. The summed E-state index contributed by atoms with van der Waals surface area (Å²) in [6, 6.07) is 19.9. The molecule has 5 aromatic rings. The second-order valence-electron chi connectivity index (χ2n) is 7.19. The number of aryl methyl sites for hydroxylation is 2. The van der Waals surface area contributed by atoms with Gasteiger partial charge in [0.05, 0.1) is 11.4 Å². The van der Waals surface area contributed by atoms with Crippen molar-refractivity contribution in [1.82, 2.24) is 20.2 Å². The van der Waals surface area contributed by atoms with Gasteiger partial charge < -0.3 is 8.83 Å². The van der Waals surface area contributed by atoms with E-state index in [0.29, 0.717) is 23.3 Å². The van der Waals surface area contributed by atoms with Crippen LogP contribution in [0.5, 0.6) is 0 Å². The van der Waals surface area contributed by atoms with Crippen LogP contribution >= 0.6 is 34.9 Å². The molecule has 0 fully saturated rings. The molecule has 3 heterocycles. The lowest BCUT2D eigenvalue weighted by Crippen LogP contribution is -1.84. The number of oxazole rings is 2. The number of rotatable bonds is 8. The summed E-state index contributed by atoms with van der Waals surface area (Å²) >= 11 is 4.81. The average molecular weight is 493 g/mol. The molecule has 0 bridgehead atoms. The van der Waals surface area contributed by atoms with E-state index in [1.165, 1.54) is 0 Å². The van der Waals surface area contributed by atoms with Gasteiger partial charge in [-0.3, -0.25) is 0 Å². The molecule has 0 radical (unpaired) electrons. The number of aromatic nitrogens is 4. The zero-order valence-electron chi connectivity index (χ0n) is 18.0. The molecule has 0 atom stereocenters. The van der Waals surface area contributed by atoms with Crippen LogP contribution < -0.4 is 0 Å². The van der Waals surface area contributed by atoms with E-state index in [1.807, 2.05) is 74.5 Å². The van der Waals surface area contributed by atoms with Crippen molar-refractivity contribution < 1.29 is 8.83 Å². The molecule has 166 valence electrons. The Balaban J connectivity index is 1.19. The molecule has 2 aromatic carbocycles. The van der Waals surface area contributed by atoms with E-state index in [1.54, 1.807) is 34.9 Å². The van der Waals surface area contributed by atoms with E-state index < -0.39 is 0 Å². The molecular formula is C24H20N4O2S3. The summed E-state index contributed by atoms with van der Waals surface area (Å²) in [6.07, 6.45) is 0. The molecule has 0 aliphatic rings. The third kappa shape index (κ3) is 5.21. The van der Waals surface area contributed by atoms with Crippen LogP contribution in [0.4, 0.5) is 0 Å². The Morgan fingerprint density at radius 1 is 0.667 bits per heavy atom. The van der Waals surface area contributed by atoms with Gasteiger partial charge in [0.25, 0.3) is 0 Å². The SMILES string of the molecule is Cc1oc(-c2ccccc2)nc1CSc1nnc(SCc2nc(-c3ccccc3)oc2C)s1. The number of nitrogens with zero attached hydrogens (tertiary/aromatic N) is 4. The van der Waals surface area contributed by atoms with E-state index >= 15 is 0 Å². The van der Waals surface area contributed by atoms with Gasteiger partial charge in [0.2, 0.25) is 11.8 Å². The van der Waals surface area contributed by atoms with Crippen LogP contribution in [-0.4, -0.2) is 20.2 Å². The summed E-state index contributed by atoms with van der Waals surface area (Å²) < 4.78 is 13.5. The summed E-state index contributed by atoms with van der Waals surface area (Å²) in [7, 11) is 0. The Kier molecular flexibility index (Phi) is 6.61. The van der Waals surface area contributed by atoms with Crippen molar-refractivity contribution in [2.24, 2.45) is 0 Å². The summed E-state index contributed by atoms with van der Waals surface area (Å²) in [5, 5.41) is 8.64. The molecule has 0 saturated heterocycles. The summed E-state index contributed by atoms with van der Waals surface area (Å²) in [6.45, 7) is 3.89. The van der Waals surface area contributed by atoms with Crippen LogP contribution in [-0.2, 0) is 11.5 Å². The Hall–Kier alpha value is -2.88. The van der Waals surface area contributed by atoms with Gasteiger partial charge in [-0.25, -0.2) is 9.97 Å². The van der Waals surface area contributed by atoms with Crippen molar-refractivity contribution in [2.45, 2.75) is 34.0 Å². The smallest absolute Gasteiger partial charge is 0.226 e. The number of benzene rings is 2. The second-order valence-corrected chi connectivity index (χ2v) is 10.6. The zero-order valence-corrected chi connectivity index (χ0v) is 20.5. The first kappa shape index (κ1) is 21.9. The summed E-state index contributed by atoms with van der Waals surface area (Å²) in [4.78, 5) is 9.32. The number of thioether (sulfide) groups is 2. The minimum atomic E-state index is 0.648. The molecule has 3 aromatic heterocycles. The molecule has 9 heteroatoms. The van der Waals surface area contributed by atoms with Gasteiger partial charge in [0, 0.05) is 22.6 Å². The maximum absolute atomic E-state index is 5.85. The zero-order chi connectivity index (χ0) is 22.6. The molecule has 33 heavy (non-hydrogen) atoms. The van der Waals surface area contributed by atoms with Crippen molar-refractivity contribution in [1.29, 1.82) is 0 Å². The molecule has 0 unspecified atom stereocenters. The Morgan fingerprint density at radius 2 is 1.09 bits per heavy atom. The molecule has 5 rings (SSSR count). The summed E-state index contributed by atoms with van der Waals surface area (Å²) in [5.74, 6) is 4.33. The van der Waals surface area contributed by atoms with Gasteiger partial charge in [0.1, 0.15) is 11.5 Å². The minimum absolute atomic E-state index is 0.648.